The van der Waals surface area contributed by atoms with E-state index in [0.29, 0.717) is 28.8 Å². The van der Waals surface area contributed by atoms with E-state index in [0.717, 1.165) is 5.76 Å². The largest absolute Gasteiger partial charge is 0.464 e. The van der Waals surface area contributed by atoms with E-state index >= 15 is 0 Å². The quantitative estimate of drug-likeness (QED) is 0.727. The third-order valence-electron chi connectivity index (χ3n) is 3.58. The summed E-state index contributed by atoms with van der Waals surface area (Å²) in [6.45, 7) is 4.00. The van der Waals surface area contributed by atoms with E-state index in [1.807, 2.05) is 37.3 Å². The second kappa shape index (κ2) is 6.49. The van der Waals surface area contributed by atoms with Crippen LogP contribution in [0.25, 0.3) is 5.69 Å². The highest BCUT2D eigenvalue weighted by Gasteiger charge is 2.20. The Bertz CT molecular complexity index is 884. The fourth-order valence-electron chi connectivity index (χ4n) is 2.38. The van der Waals surface area contributed by atoms with Crippen LogP contribution in [-0.4, -0.2) is 32.6 Å². The van der Waals surface area contributed by atoms with Gasteiger partial charge in [-0.25, -0.2) is 9.67 Å². The lowest BCUT2D eigenvalue weighted by atomic mass is 10.3. The molecule has 124 valence electrons. The van der Waals surface area contributed by atoms with Crippen LogP contribution in [0.5, 0.6) is 0 Å². The molecule has 0 N–H and O–H groups in total. The smallest absolute Gasteiger partial charge is 0.293 e. The van der Waals surface area contributed by atoms with Crippen LogP contribution < -0.4 is 0 Å². The highest BCUT2D eigenvalue weighted by molar-refractivity contribution is 6.32. The lowest BCUT2D eigenvalue weighted by molar-refractivity contribution is 0.0763. The van der Waals surface area contributed by atoms with Gasteiger partial charge >= 0.3 is 0 Å². The van der Waals surface area contributed by atoms with Gasteiger partial charge in [0.25, 0.3) is 5.91 Å². The maximum absolute atomic E-state index is 12.6. The number of hydrogen-bond acceptors (Lipinski definition) is 4. The summed E-state index contributed by atoms with van der Waals surface area (Å²) in [5.74, 6) is 1.96. The van der Waals surface area contributed by atoms with Crippen molar-refractivity contribution < 1.29 is 9.21 Å². The van der Waals surface area contributed by atoms with E-state index in [1.165, 1.54) is 4.90 Å². The van der Waals surface area contributed by atoms with Crippen molar-refractivity contribution in [3.05, 3.63) is 64.6 Å². The molecule has 0 radical (unpaired) electrons. The number of carbonyl (C=O) groups excluding carboxylic acids is 1. The summed E-state index contributed by atoms with van der Waals surface area (Å²) in [6, 6.07) is 11.0. The van der Waals surface area contributed by atoms with Crippen molar-refractivity contribution in [2.45, 2.75) is 20.4 Å². The Morgan fingerprint density at radius 1 is 1.25 bits per heavy atom. The van der Waals surface area contributed by atoms with Crippen molar-refractivity contribution in [1.82, 2.24) is 19.7 Å². The zero-order valence-corrected chi connectivity index (χ0v) is 14.4. The highest BCUT2D eigenvalue weighted by atomic mass is 35.5. The molecule has 1 aromatic carbocycles. The molecule has 2 aromatic heterocycles. The molecule has 6 nitrogen and oxygen atoms in total. The van der Waals surface area contributed by atoms with E-state index in [4.69, 9.17) is 16.0 Å². The van der Waals surface area contributed by atoms with Crippen LogP contribution in [0.3, 0.4) is 0 Å². The lowest BCUT2D eigenvalue weighted by Gasteiger charge is -2.13. The molecule has 0 unspecified atom stereocenters. The summed E-state index contributed by atoms with van der Waals surface area (Å²) in [7, 11) is 1.69. The predicted molar refractivity (Wildman–Crippen MR) is 90.3 cm³/mol. The third kappa shape index (κ3) is 3.19. The van der Waals surface area contributed by atoms with Crippen molar-refractivity contribution in [3.63, 3.8) is 0 Å². The first kappa shape index (κ1) is 16.3. The van der Waals surface area contributed by atoms with Crippen LogP contribution in [0.15, 0.2) is 40.8 Å². The van der Waals surface area contributed by atoms with E-state index < -0.39 is 0 Å². The average molecular weight is 345 g/mol. The normalized spacial score (nSPS) is 10.8. The molecule has 0 saturated heterocycles. The monoisotopic (exact) mass is 344 g/mol. The van der Waals surface area contributed by atoms with Gasteiger partial charge < -0.3 is 9.32 Å². The number of furan rings is 1. The van der Waals surface area contributed by atoms with Crippen LogP contribution in [0.2, 0.25) is 5.02 Å². The Kier molecular flexibility index (Phi) is 4.40. The van der Waals surface area contributed by atoms with Crippen LogP contribution >= 0.6 is 11.6 Å². The molecule has 3 aromatic rings. The second-order valence-corrected chi connectivity index (χ2v) is 5.93. The molecule has 0 fully saturated rings. The van der Waals surface area contributed by atoms with E-state index in [1.54, 1.807) is 24.7 Å². The number of benzene rings is 1. The summed E-state index contributed by atoms with van der Waals surface area (Å²) in [4.78, 5) is 18.3. The van der Waals surface area contributed by atoms with Gasteiger partial charge in [0.15, 0.2) is 0 Å². The van der Waals surface area contributed by atoms with E-state index in [-0.39, 0.29) is 11.7 Å². The number of rotatable bonds is 4. The number of para-hydroxylation sites is 1. The van der Waals surface area contributed by atoms with Crippen LogP contribution in [0, 0.1) is 13.8 Å². The fraction of sp³-hybridized carbons (Fsp3) is 0.235. The molecule has 0 atom stereocenters. The van der Waals surface area contributed by atoms with Crippen molar-refractivity contribution in [2.24, 2.45) is 0 Å². The molecule has 2 heterocycles. The molecule has 0 bridgehead atoms. The first-order valence-electron chi connectivity index (χ1n) is 7.45. The maximum atomic E-state index is 12.6. The van der Waals surface area contributed by atoms with Crippen LogP contribution in [0.1, 0.15) is 28.0 Å². The average Bonchev–Trinajstić information content (AvgIpc) is 3.13. The molecule has 0 saturated carbocycles. The van der Waals surface area contributed by atoms with Crippen LogP contribution in [-0.2, 0) is 6.54 Å². The first-order valence-corrected chi connectivity index (χ1v) is 7.83. The molecule has 7 heteroatoms. The number of hydrogen-bond donors (Lipinski definition) is 0. The minimum Gasteiger partial charge on any atom is -0.464 e. The van der Waals surface area contributed by atoms with Gasteiger partial charge in [-0.2, -0.15) is 0 Å². The van der Waals surface area contributed by atoms with Gasteiger partial charge in [-0.3, -0.25) is 4.79 Å². The molecule has 0 aliphatic heterocycles. The SMILES string of the molecule is Cc1ccc(CN(C)C(=O)c2nc(C)n(-c3ccccc3Cl)n2)o1. The van der Waals surface area contributed by atoms with Gasteiger partial charge in [0, 0.05) is 7.05 Å². The molecule has 3 rings (SSSR count). The third-order valence-corrected chi connectivity index (χ3v) is 3.90. The Morgan fingerprint density at radius 2 is 2.00 bits per heavy atom. The first-order chi connectivity index (χ1) is 11.5. The predicted octanol–water partition coefficient (Wildman–Crippen LogP) is 3.40. The number of halogens is 1. The number of aromatic nitrogens is 3. The molecule has 24 heavy (non-hydrogen) atoms. The van der Waals surface area contributed by atoms with Gasteiger partial charge in [0.1, 0.15) is 17.3 Å². The zero-order valence-electron chi connectivity index (χ0n) is 13.7. The molecular formula is C17H17ClN4O2. The van der Waals surface area contributed by atoms with E-state index in [9.17, 15) is 4.79 Å². The topological polar surface area (TPSA) is 64.2 Å². The Balaban J connectivity index is 1.83. The molecular weight excluding hydrogens is 328 g/mol. The van der Waals surface area contributed by atoms with Gasteiger partial charge in [-0.1, -0.05) is 23.7 Å². The molecule has 0 aliphatic rings. The van der Waals surface area contributed by atoms with Gasteiger partial charge in [-0.05, 0) is 38.1 Å². The summed E-state index contributed by atoms with van der Waals surface area (Å²) in [5.41, 5.74) is 0.688. The second-order valence-electron chi connectivity index (χ2n) is 5.52. The number of amides is 1. The minimum absolute atomic E-state index is 0.123. The Morgan fingerprint density at radius 3 is 2.67 bits per heavy atom. The maximum Gasteiger partial charge on any atom is 0.293 e. The fourth-order valence-corrected chi connectivity index (χ4v) is 2.59. The standard InChI is InChI=1S/C17H17ClN4O2/c1-11-8-9-13(24-11)10-21(3)17(23)16-19-12(2)22(20-16)15-7-5-4-6-14(15)18/h4-9H,10H2,1-3H3. The van der Waals surface area contributed by atoms with Crippen molar-refractivity contribution in [3.8, 4) is 5.69 Å². The summed E-state index contributed by atoms with van der Waals surface area (Å²) in [6.07, 6.45) is 0. The van der Waals surface area contributed by atoms with E-state index in [2.05, 4.69) is 10.1 Å². The van der Waals surface area contributed by atoms with Crippen molar-refractivity contribution >= 4 is 17.5 Å². The van der Waals surface area contributed by atoms with Crippen molar-refractivity contribution in [1.29, 1.82) is 0 Å². The van der Waals surface area contributed by atoms with Gasteiger partial charge in [0.2, 0.25) is 5.82 Å². The number of carbonyl (C=O) groups is 1. The summed E-state index contributed by atoms with van der Waals surface area (Å²) < 4.78 is 7.07. The molecule has 0 spiro atoms. The lowest BCUT2D eigenvalue weighted by Crippen LogP contribution is -2.27. The minimum atomic E-state index is -0.280. The Labute approximate surface area is 144 Å². The van der Waals surface area contributed by atoms with Gasteiger partial charge in [-0.15, -0.1) is 5.10 Å². The summed E-state index contributed by atoms with van der Waals surface area (Å²) >= 11 is 6.20. The number of nitrogens with zero attached hydrogens (tertiary/aromatic N) is 4. The number of aryl methyl sites for hydroxylation is 2. The van der Waals surface area contributed by atoms with Gasteiger partial charge in [0.05, 0.1) is 17.3 Å². The zero-order chi connectivity index (χ0) is 17.3. The van der Waals surface area contributed by atoms with Crippen molar-refractivity contribution in [2.75, 3.05) is 7.05 Å². The molecule has 1 amide bonds. The molecule has 0 aliphatic carbocycles. The summed E-state index contributed by atoms with van der Waals surface area (Å²) in [5, 5.41) is 4.85. The highest BCUT2D eigenvalue weighted by Crippen LogP contribution is 2.20. The Hall–Kier alpha value is -2.60. The van der Waals surface area contributed by atoms with Crippen LogP contribution in [0.4, 0.5) is 0 Å².